The van der Waals surface area contributed by atoms with E-state index in [0.29, 0.717) is 18.3 Å². The number of carbonyl (C=O) groups excluding carboxylic acids is 1. The molecular formula is C17H18N2O2. The molecule has 2 atom stereocenters. The van der Waals surface area contributed by atoms with E-state index in [0.717, 1.165) is 17.7 Å². The predicted octanol–water partition coefficient (Wildman–Crippen LogP) is 3.15. The Bertz CT molecular complexity index is 610. The minimum absolute atomic E-state index is 0.145. The second kappa shape index (κ2) is 5.95. The Kier molecular flexibility index (Phi) is 3.86. The van der Waals surface area contributed by atoms with Gasteiger partial charge in [-0.2, -0.15) is 0 Å². The number of ether oxygens (including phenoxy) is 1. The van der Waals surface area contributed by atoms with Gasteiger partial charge in [0.1, 0.15) is 5.75 Å². The molecule has 1 aromatic heterocycles. The van der Waals surface area contributed by atoms with Gasteiger partial charge >= 0.3 is 0 Å². The van der Waals surface area contributed by atoms with Crippen LogP contribution in [0.25, 0.3) is 0 Å². The SMILES string of the molecule is C[C@H]1C[C@H]1C(=O)NCc1ccc(Oc2ccccc2)nc1. The topological polar surface area (TPSA) is 51.2 Å². The third kappa shape index (κ3) is 3.60. The molecule has 1 aliphatic rings. The molecule has 1 fully saturated rings. The lowest BCUT2D eigenvalue weighted by Crippen LogP contribution is -2.24. The average molecular weight is 282 g/mol. The van der Waals surface area contributed by atoms with E-state index in [1.165, 1.54) is 0 Å². The molecule has 1 aliphatic carbocycles. The van der Waals surface area contributed by atoms with Gasteiger partial charge in [0.15, 0.2) is 0 Å². The van der Waals surface area contributed by atoms with Crippen molar-refractivity contribution in [2.45, 2.75) is 19.9 Å². The molecule has 1 aromatic carbocycles. The molecule has 21 heavy (non-hydrogen) atoms. The first kappa shape index (κ1) is 13.6. The Balaban J connectivity index is 1.53. The molecule has 1 amide bonds. The van der Waals surface area contributed by atoms with Crippen LogP contribution in [0.1, 0.15) is 18.9 Å². The van der Waals surface area contributed by atoms with Gasteiger partial charge in [0.25, 0.3) is 0 Å². The number of para-hydroxylation sites is 1. The standard InChI is InChI=1S/C17H18N2O2/c1-12-9-15(12)17(20)19-11-13-7-8-16(18-10-13)21-14-5-3-2-4-6-14/h2-8,10,12,15H,9,11H2,1H3,(H,19,20)/t12-,15+/m0/s1. The van der Waals surface area contributed by atoms with Crippen LogP contribution in [0.3, 0.4) is 0 Å². The number of nitrogens with one attached hydrogen (secondary N) is 1. The molecule has 4 nitrogen and oxygen atoms in total. The molecule has 0 spiro atoms. The highest BCUT2D eigenvalue weighted by Crippen LogP contribution is 2.37. The maximum absolute atomic E-state index is 11.7. The minimum atomic E-state index is 0.145. The largest absolute Gasteiger partial charge is 0.439 e. The Morgan fingerprint density at radius 3 is 2.67 bits per heavy atom. The number of aromatic nitrogens is 1. The Hall–Kier alpha value is -2.36. The van der Waals surface area contributed by atoms with Crippen molar-refractivity contribution in [3.8, 4) is 11.6 Å². The first-order chi connectivity index (χ1) is 10.2. The van der Waals surface area contributed by atoms with Crippen LogP contribution in [0, 0.1) is 11.8 Å². The molecule has 0 unspecified atom stereocenters. The summed E-state index contributed by atoms with van der Waals surface area (Å²) in [6.07, 6.45) is 2.74. The van der Waals surface area contributed by atoms with Crippen LogP contribution in [0.5, 0.6) is 11.6 Å². The van der Waals surface area contributed by atoms with E-state index in [1.54, 1.807) is 6.20 Å². The average Bonchev–Trinajstić information content (AvgIpc) is 3.24. The molecule has 0 aliphatic heterocycles. The maximum atomic E-state index is 11.7. The van der Waals surface area contributed by atoms with E-state index < -0.39 is 0 Å². The molecule has 1 N–H and O–H groups in total. The quantitative estimate of drug-likeness (QED) is 0.916. The predicted molar refractivity (Wildman–Crippen MR) is 79.9 cm³/mol. The number of hydrogen-bond donors (Lipinski definition) is 1. The number of amides is 1. The lowest BCUT2D eigenvalue weighted by atomic mass is 10.2. The highest BCUT2D eigenvalue weighted by Gasteiger charge is 2.38. The fraction of sp³-hybridized carbons (Fsp3) is 0.294. The summed E-state index contributed by atoms with van der Waals surface area (Å²) in [5, 5.41) is 2.94. The van der Waals surface area contributed by atoms with Gasteiger partial charge in [0, 0.05) is 24.7 Å². The number of benzene rings is 1. The zero-order valence-corrected chi connectivity index (χ0v) is 12.0. The molecule has 1 saturated carbocycles. The maximum Gasteiger partial charge on any atom is 0.223 e. The first-order valence-corrected chi connectivity index (χ1v) is 7.18. The van der Waals surface area contributed by atoms with E-state index in [4.69, 9.17) is 4.74 Å². The van der Waals surface area contributed by atoms with Gasteiger partial charge in [0.05, 0.1) is 0 Å². The Morgan fingerprint density at radius 2 is 2.05 bits per heavy atom. The zero-order valence-electron chi connectivity index (χ0n) is 12.0. The second-order valence-electron chi connectivity index (χ2n) is 5.46. The van der Waals surface area contributed by atoms with Crippen LogP contribution in [0.4, 0.5) is 0 Å². The first-order valence-electron chi connectivity index (χ1n) is 7.18. The van der Waals surface area contributed by atoms with Gasteiger partial charge < -0.3 is 10.1 Å². The molecule has 4 heteroatoms. The highest BCUT2D eigenvalue weighted by molar-refractivity contribution is 5.81. The smallest absolute Gasteiger partial charge is 0.223 e. The molecule has 108 valence electrons. The van der Waals surface area contributed by atoms with Crippen LogP contribution >= 0.6 is 0 Å². The Labute approximate surface area is 124 Å². The van der Waals surface area contributed by atoms with Crippen LogP contribution in [0.2, 0.25) is 0 Å². The monoisotopic (exact) mass is 282 g/mol. The van der Waals surface area contributed by atoms with Gasteiger partial charge in [-0.05, 0) is 30.0 Å². The van der Waals surface area contributed by atoms with Crippen molar-refractivity contribution < 1.29 is 9.53 Å². The molecule has 0 bridgehead atoms. The van der Waals surface area contributed by atoms with Gasteiger partial charge in [-0.3, -0.25) is 4.79 Å². The van der Waals surface area contributed by atoms with Gasteiger partial charge in [-0.15, -0.1) is 0 Å². The molecule has 2 aromatic rings. The Morgan fingerprint density at radius 1 is 1.29 bits per heavy atom. The van der Waals surface area contributed by atoms with Crippen LogP contribution in [0.15, 0.2) is 48.7 Å². The molecule has 3 rings (SSSR count). The van der Waals surface area contributed by atoms with Gasteiger partial charge in [-0.1, -0.05) is 31.2 Å². The number of carbonyl (C=O) groups is 1. The van der Waals surface area contributed by atoms with Crippen molar-refractivity contribution in [3.05, 3.63) is 54.2 Å². The van der Waals surface area contributed by atoms with Crippen LogP contribution in [-0.4, -0.2) is 10.9 Å². The third-order valence-corrected chi connectivity index (χ3v) is 3.68. The van der Waals surface area contributed by atoms with Crippen molar-refractivity contribution in [2.75, 3.05) is 0 Å². The van der Waals surface area contributed by atoms with E-state index >= 15 is 0 Å². The van der Waals surface area contributed by atoms with Crippen molar-refractivity contribution in [1.82, 2.24) is 10.3 Å². The zero-order chi connectivity index (χ0) is 14.7. The summed E-state index contributed by atoms with van der Waals surface area (Å²) in [6, 6.07) is 13.3. The summed E-state index contributed by atoms with van der Waals surface area (Å²) < 4.78 is 5.62. The van der Waals surface area contributed by atoms with E-state index in [-0.39, 0.29) is 11.8 Å². The van der Waals surface area contributed by atoms with Gasteiger partial charge in [0.2, 0.25) is 11.8 Å². The molecule has 1 heterocycles. The summed E-state index contributed by atoms with van der Waals surface area (Å²) in [6.45, 7) is 2.61. The summed E-state index contributed by atoms with van der Waals surface area (Å²) in [5.74, 6) is 2.19. The molecule has 0 radical (unpaired) electrons. The van der Waals surface area contributed by atoms with Crippen LogP contribution < -0.4 is 10.1 Å². The summed E-state index contributed by atoms with van der Waals surface area (Å²) in [4.78, 5) is 16.0. The number of pyridine rings is 1. The second-order valence-corrected chi connectivity index (χ2v) is 5.46. The fourth-order valence-corrected chi connectivity index (χ4v) is 2.19. The third-order valence-electron chi connectivity index (χ3n) is 3.68. The van der Waals surface area contributed by atoms with Crippen molar-refractivity contribution in [1.29, 1.82) is 0 Å². The van der Waals surface area contributed by atoms with Crippen molar-refractivity contribution >= 4 is 5.91 Å². The fourth-order valence-electron chi connectivity index (χ4n) is 2.19. The van der Waals surface area contributed by atoms with Gasteiger partial charge in [-0.25, -0.2) is 4.98 Å². The summed E-state index contributed by atoms with van der Waals surface area (Å²) >= 11 is 0. The van der Waals surface area contributed by atoms with E-state index in [9.17, 15) is 4.79 Å². The minimum Gasteiger partial charge on any atom is -0.439 e. The number of nitrogens with zero attached hydrogens (tertiary/aromatic N) is 1. The normalized spacial score (nSPS) is 19.9. The van der Waals surface area contributed by atoms with Crippen molar-refractivity contribution in [3.63, 3.8) is 0 Å². The lowest BCUT2D eigenvalue weighted by molar-refractivity contribution is -0.122. The van der Waals surface area contributed by atoms with Crippen molar-refractivity contribution in [2.24, 2.45) is 11.8 Å². The summed E-state index contributed by atoms with van der Waals surface area (Å²) in [7, 11) is 0. The highest BCUT2D eigenvalue weighted by atomic mass is 16.5. The number of hydrogen-bond acceptors (Lipinski definition) is 3. The summed E-state index contributed by atoms with van der Waals surface area (Å²) in [5.41, 5.74) is 0.970. The molecule has 0 saturated heterocycles. The lowest BCUT2D eigenvalue weighted by Gasteiger charge is -2.07. The van der Waals surface area contributed by atoms with E-state index in [1.807, 2.05) is 42.5 Å². The number of rotatable bonds is 5. The van der Waals surface area contributed by atoms with Crippen LogP contribution in [-0.2, 0) is 11.3 Å². The van der Waals surface area contributed by atoms with E-state index in [2.05, 4.69) is 17.2 Å². The molecular weight excluding hydrogens is 264 g/mol.